The predicted octanol–water partition coefficient (Wildman–Crippen LogP) is 1.76. The molecule has 0 aliphatic rings. The van der Waals surface area contributed by atoms with Crippen LogP contribution in [0, 0.1) is 0 Å². The van der Waals surface area contributed by atoms with Gasteiger partial charge in [0.05, 0.1) is 16.4 Å². The van der Waals surface area contributed by atoms with E-state index in [0.29, 0.717) is 5.95 Å². The maximum atomic E-state index is 4.28. The van der Waals surface area contributed by atoms with Crippen LogP contribution in [0.1, 0.15) is 0 Å². The zero-order chi connectivity index (χ0) is 11.5. The van der Waals surface area contributed by atoms with E-state index in [0.717, 1.165) is 16.0 Å². The molecular weight excluding hydrogens is 272 g/mol. The van der Waals surface area contributed by atoms with E-state index in [9.17, 15) is 0 Å². The van der Waals surface area contributed by atoms with Crippen LogP contribution in [0.4, 0.5) is 17.5 Å². The zero-order valence-corrected chi connectivity index (χ0v) is 10.5. The average Bonchev–Trinajstić information content (AvgIpc) is 2.67. The molecule has 0 atom stereocenters. The summed E-state index contributed by atoms with van der Waals surface area (Å²) in [6.07, 6.45) is 5.26. The monoisotopic (exact) mass is 282 g/mol. The summed E-state index contributed by atoms with van der Waals surface area (Å²) in [5.41, 5.74) is 0.854. The first-order valence-corrected chi connectivity index (χ1v) is 5.44. The molecule has 2 N–H and O–H groups in total. The van der Waals surface area contributed by atoms with E-state index in [2.05, 4.69) is 41.6 Å². The van der Waals surface area contributed by atoms with Crippen LogP contribution >= 0.6 is 15.9 Å². The summed E-state index contributed by atoms with van der Waals surface area (Å²) >= 11 is 3.35. The van der Waals surface area contributed by atoms with Crippen LogP contribution in [0.2, 0.25) is 0 Å². The number of nitrogens with one attached hydrogen (secondary N) is 2. The molecule has 0 fully saturated rings. The SMILES string of the molecule is CNc1nc(Nc2cnn(C)c2)ncc1Br. The Bertz CT molecular complexity index is 494. The molecule has 2 heterocycles. The highest BCUT2D eigenvalue weighted by Crippen LogP contribution is 2.20. The fourth-order valence-corrected chi connectivity index (χ4v) is 1.61. The van der Waals surface area contributed by atoms with Crippen molar-refractivity contribution in [2.45, 2.75) is 0 Å². The number of anilines is 3. The Labute approximate surface area is 101 Å². The first-order valence-electron chi connectivity index (χ1n) is 4.65. The van der Waals surface area contributed by atoms with Gasteiger partial charge in [-0.3, -0.25) is 4.68 Å². The number of aryl methyl sites for hydroxylation is 1. The van der Waals surface area contributed by atoms with E-state index in [4.69, 9.17) is 0 Å². The quantitative estimate of drug-likeness (QED) is 0.898. The third-order valence-electron chi connectivity index (χ3n) is 1.94. The summed E-state index contributed by atoms with van der Waals surface area (Å²) < 4.78 is 2.53. The number of rotatable bonds is 3. The van der Waals surface area contributed by atoms with Crippen molar-refractivity contribution in [3.8, 4) is 0 Å². The maximum Gasteiger partial charge on any atom is 0.229 e. The van der Waals surface area contributed by atoms with Crippen molar-refractivity contribution in [3.05, 3.63) is 23.1 Å². The molecule has 0 aliphatic heterocycles. The molecule has 84 valence electrons. The second kappa shape index (κ2) is 4.48. The zero-order valence-electron chi connectivity index (χ0n) is 8.90. The molecule has 0 aromatic carbocycles. The second-order valence-corrected chi connectivity index (χ2v) is 4.02. The Balaban J connectivity index is 2.21. The maximum absolute atomic E-state index is 4.28. The number of hydrogen-bond donors (Lipinski definition) is 2. The van der Waals surface area contributed by atoms with Gasteiger partial charge in [0.15, 0.2) is 0 Å². The molecule has 0 spiro atoms. The molecule has 2 aromatic heterocycles. The van der Waals surface area contributed by atoms with E-state index in [-0.39, 0.29) is 0 Å². The summed E-state index contributed by atoms with van der Waals surface area (Å²) in [6, 6.07) is 0. The van der Waals surface area contributed by atoms with Gasteiger partial charge in [-0.15, -0.1) is 0 Å². The molecule has 0 amide bonds. The van der Waals surface area contributed by atoms with Crippen molar-refractivity contribution in [2.75, 3.05) is 17.7 Å². The van der Waals surface area contributed by atoms with Crippen LogP contribution in [-0.4, -0.2) is 26.8 Å². The Morgan fingerprint density at radius 1 is 1.38 bits per heavy atom. The standard InChI is InChI=1S/C9H11BrN6/c1-11-8-7(10)4-12-9(15-8)14-6-3-13-16(2)5-6/h3-5H,1-2H3,(H2,11,12,14,15). The topological polar surface area (TPSA) is 67.7 Å². The Kier molecular flexibility index (Phi) is 3.04. The molecule has 7 heteroatoms. The largest absolute Gasteiger partial charge is 0.372 e. The van der Waals surface area contributed by atoms with Crippen LogP contribution in [0.5, 0.6) is 0 Å². The van der Waals surface area contributed by atoms with E-state index in [1.165, 1.54) is 0 Å². The van der Waals surface area contributed by atoms with Crippen molar-refractivity contribution >= 4 is 33.4 Å². The van der Waals surface area contributed by atoms with Gasteiger partial charge in [0.2, 0.25) is 5.95 Å². The lowest BCUT2D eigenvalue weighted by atomic mass is 10.5. The van der Waals surface area contributed by atoms with Crippen LogP contribution in [0.3, 0.4) is 0 Å². The molecular formula is C9H11BrN6. The van der Waals surface area contributed by atoms with Gasteiger partial charge in [0.25, 0.3) is 0 Å². The smallest absolute Gasteiger partial charge is 0.229 e. The first-order chi connectivity index (χ1) is 7.69. The van der Waals surface area contributed by atoms with Crippen molar-refractivity contribution < 1.29 is 0 Å². The Hall–Kier alpha value is -1.63. The van der Waals surface area contributed by atoms with E-state index in [1.807, 2.05) is 13.2 Å². The van der Waals surface area contributed by atoms with Crippen molar-refractivity contribution in [1.29, 1.82) is 0 Å². The Morgan fingerprint density at radius 3 is 2.81 bits per heavy atom. The van der Waals surface area contributed by atoms with E-state index in [1.54, 1.807) is 24.1 Å². The highest BCUT2D eigenvalue weighted by Gasteiger charge is 2.04. The molecule has 0 bridgehead atoms. The normalized spacial score (nSPS) is 10.2. The Morgan fingerprint density at radius 2 is 2.19 bits per heavy atom. The third-order valence-corrected chi connectivity index (χ3v) is 2.52. The predicted molar refractivity (Wildman–Crippen MR) is 65.8 cm³/mol. The van der Waals surface area contributed by atoms with Gasteiger partial charge in [-0.1, -0.05) is 0 Å². The summed E-state index contributed by atoms with van der Waals surface area (Å²) in [6.45, 7) is 0. The third kappa shape index (κ3) is 2.30. The second-order valence-electron chi connectivity index (χ2n) is 3.17. The number of halogens is 1. The molecule has 2 aromatic rings. The van der Waals surface area contributed by atoms with Crippen LogP contribution < -0.4 is 10.6 Å². The fraction of sp³-hybridized carbons (Fsp3) is 0.222. The molecule has 2 rings (SSSR count). The molecule has 0 saturated heterocycles. The summed E-state index contributed by atoms with van der Waals surface area (Å²) in [5.74, 6) is 1.27. The first kappa shape index (κ1) is 10.9. The lowest BCUT2D eigenvalue weighted by molar-refractivity contribution is 0.768. The molecule has 0 radical (unpaired) electrons. The van der Waals surface area contributed by atoms with Gasteiger partial charge in [-0.2, -0.15) is 10.1 Å². The minimum Gasteiger partial charge on any atom is -0.372 e. The van der Waals surface area contributed by atoms with Gasteiger partial charge < -0.3 is 10.6 Å². The highest BCUT2D eigenvalue weighted by atomic mass is 79.9. The molecule has 16 heavy (non-hydrogen) atoms. The molecule has 0 unspecified atom stereocenters. The minimum absolute atomic E-state index is 0.528. The van der Waals surface area contributed by atoms with Gasteiger partial charge in [-0.25, -0.2) is 4.98 Å². The van der Waals surface area contributed by atoms with Gasteiger partial charge in [-0.05, 0) is 15.9 Å². The lowest BCUT2D eigenvalue weighted by Crippen LogP contribution is -2.00. The number of aromatic nitrogens is 4. The summed E-state index contributed by atoms with van der Waals surface area (Å²) in [4.78, 5) is 8.42. The minimum atomic E-state index is 0.528. The van der Waals surface area contributed by atoms with Crippen LogP contribution in [0.25, 0.3) is 0 Å². The van der Waals surface area contributed by atoms with Crippen molar-refractivity contribution in [2.24, 2.45) is 7.05 Å². The summed E-state index contributed by atoms with van der Waals surface area (Å²) in [7, 11) is 3.66. The highest BCUT2D eigenvalue weighted by molar-refractivity contribution is 9.10. The number of nitrogens with zero attached hydrogens (tertiary/aromatic N) is 4. The molecule has 6 nitrogen and oxygen atoms in total. The van der Waals surface area contributed by atoms with Crippen LogP contribution in [-0.2, 0) is 7.05 Å². The molecule has 0 saturated carbocycles. The van der Waals surface area contributed by atoms with Crippen molar-refractivity contribution in [3.63, 3.8) is 0 Å². The molecule has 0 aliphatic carbocycles. The van der Waals surface area contributed by atoms with Crippen LogP contribution in [0.15, 0.2) is 23.1 Å². The lowest BCUT2D eigenvalue weighted by Gasteiger charge is -2.05. The number of hydrogen-bond acceptors (Lipinski definition) is 5. The van der Waals surface area contributed by atoms with E-state index >= 15 is 0 Å². The van der Waals surface area contributed by atoms with Gasteiger partial charge in [0.1, 0.15) is 5.82 Å². The van der Waals surface area contributed by atoms with Crippen molar-refractivity contribution in [1.82, 2.24) is 19.7 Å². The average molecular weight is 283 g/mol. The van der Waals surface area contributed by atoms with Gasteiger partial charge in [0, 0.05) is 26.5 Å². The van der Waals surface area contributed by atoms with E-state index < -0.39 is 0 Å². The fourth-order valence-electron chi connectivity index (χ4n) is 1.22. The van der Waals surface area contributed by atoms with Gasteiger partial charge >= 0.3 is 0 Å². The summed E-state index contributed by atoms with van der Waals surface area (Å²) in [5, 5.41) is 10.1.